The van der Waals surface area contributed by atoms with Crippen LogP contribution in [0.4, 0.5) is 0 Å². The van der Waals surface area contributed by atoms with E-state index in [4.69, 9.17) is 0 Å². The van der Waals surface area contributed by atoms with Crippen LogP contribution in [0.1, 0.15) is 38.8 Å². The molecule has 1 N–H and O–H groups in total. The molecule has 1 heteroatoms. The summed E-state index contributed by atoms with van der Waals surface area (Å²) in [5, 5.41) is 3.47. The largest absolute Gasteiger partial charge is 0.310 e. The van der Waals surface area contributed by atoms with E-state index >= 15 is 0 Å². The highest BCUT2D eigenvalue weighted by Crippen LogP contribution is 2.22. The van der Waals surface area contributed by atoms with Crippen LogP contribution >= 0.6 is 0 Å². The molecule has 0 bridgehead atoms. The molecule has 0 aliphatic heterocycles. The van der Waals surface area contributed by atoms with Gasteiger partial charge in [-0.2, -0.15) is 0 Å². The lowest BCUT2D eigenvalue weighted by Gasteiger charge is -2.10. The van der Waals surface area contributed by atoms with Gasteiger partial charge in [0.2, 0.25) is 0 Å². The first-order valence-corrected chi connectivity index (χ1v) is 7.96. The zero-order chi connectivity index (χ0) is 15.2. The number of nitrogens with one attached hydrogen (secondary N) is 1. The van der Waals surface area contributed by atoms with E-state index in [0.29, 0.717) is 12.0 Å². The zero-order valence-electron chi connectivity index (χ0n) is 13.7. The minimum atomic E-state index is 0.518. The molecule has 2 rings (SSSR count). The Hall–Kier alpha value is -1.60. The van der Waals surface area contributed by atoms with Crippen molar-refractivity contribution in [2.24, 2.45) is 5.92 Å². The lowest BCUT2D eigenvalue weighted by molar-refractivity contribution is 0.589. The van der Waals surface area contributed by atoms with Crippen molar-refractivity contribution in [2.45, 2.75) is 46.7 Å². The number of rotatable bonds is 6. The SMILES string of the molecule is CC(C)Cc1ccc(-c2cccc(CNC(C)C)c2)cc1. The summed E-state index contributed by atoms with van der Waals surface area (Å²) in [6.45, 7) is 9.81. The first-order chi connectivity index (χ1) is 10.0. The van der Waals surface area contributed by atoms with Crippen molar-refractivity contribution in [3.8, 4) is 11.1 Å². The Kier molecular flexibility index (Phi) is 5.58. The molecule has 0 radical (unpaired) electrons. The molecule has 0 heterocycles. The average Bonchev–Trinajstić information content (AvgIpc) is 2.45. The lowest BCUT2D eigenvalue weighted by atomic mass is 9.98. The Balaban J connectivity index is 2.12. The summed E-state index contributed by atoms with van der Waals surface area (Å²) in [5.41, 5.74) is 5.36. The predicted octanol–water partition coefficient (Wildman–Crippen LogP) is 5.05. The third kappa shape index (κ3) is 5.02. The highest BCUT2D eigenvalue weighted by Gasteiger charge is 2.02. The summed E-state index contributed by atoms with van der Waals surface area (Å²) in [7, 11) is 0. The summed E-state index contributed by atoms with van der Waals surface area (Å²) in [6.07, 6.45) is 1.15. The molecular weight excluding hydrogens is 254 g/mol. The van der Waals surface area contributed by atoms with E-state index in [1.807, 2.05) is 0 Å². The normalized spacial score (nSPS) is 11.3. The van der Waals surface area contributed by atoms with Gasteiger partial charge in [0.15, 0.2) is 0 Å². The van der Waals surface area contributed by atoms with Gasteiger partial charge >= 0.3 is 0 Å². The third-order valence-electron chi connectivity index (χ3n) is 3.57. The maximum atomic E-state index is 3.47. The quantitative estimate of drug-likeness (QED) is 0.781. The van der Waals surface area contributed by atoms with Gasteiger partial charge in [-0.1, -0.05) is 70.2 Å². The van der Waals surface area contributed by atoms with Gasteiger partial charge in [-0.05, 0) is 40.7 Å². The fourth-order valence-electron chi connectivity index (χ4n) is 2.49. The maximum absolute atomic E-state index is 3.47. The molecule has 0 saturated heterocycles. The highest BCUT2D eigenvalue weighted by molar-refractivity contribution is 5.64. The second kappa shape index (κ2) is 7.42. The van der Waals surface area contributed by atoms with Crippen LogP contribution < -0.4 is 5.32 Å². The van der Waals surface area contributed by atoms with Crippen molar-refractivity contribution in [1.82, 2.24) is 5.32 Å². The molecule has 0 unspecified atom stereocenters. The van der Waals surface area contributed by atoms with Gasteiger partial charge in [0.1, 0.15) is 0 Å². The molecule has 0 saturated carbocycles. The third-order valence-corrected chi connectivity index (χ3v) is 3.57. The summed E-state index contributed by atoms with van der Waals surface area (Å²) in [6, 6.07) is 18.3. The molecule has 0 aromatic heterocycles. The summed E-state index contributed by atoms with van der Waals surface area (Å²) in [4.78, 5) is 0. The smallest absolute Gasteiger partial charge is 0.0208 e. The van der Waals surface area contributed by atoms with Crippen molar-refractivity contribution in [3.63, 3.8) is 0 Å². The monoisotopic (exact) mass is 281 g/mol. The molecule has 0 atom stereocenters. The summed E-state index contributed by atoms with van der Waals surface area (Å²) >= 11 is 0. The van der Waals surface area contributed by atoms with Crippen LogP contribution in [-0.2, 0) is 13.0 Å². The first-order valence-electron chi connectivity index (χ1n) is 7.96. The van der Waals surface area contributed by atoms with Gasteiger partial charge in [-0.3, -0.25) is 0 Å². The Morgan fingerprint density at radius 2 is 1.52 bits per heavy atom. The molecular formula is C20H27N. The van der Waals surface area contributed by atoms with Crippen LogP contribution in [0.3, 0.4) is 0 Å². The number of hydrogen-bond acceptors (Lipinski definition) is 1. The van der Waals surface area contributed by atoms with E-state index in [0.717, 1.165) is 13.0 Å². The molecule has 2 aromatic rings. The van der Waals surface area contributed by atoms with Crippen molar-refractivity contribution >= 4 is 0 Å². The Labute approximate surface area is 129 Å². The second-order valence-corrected chi connectivity index (χ2v) is 6.53. The molecule has 1 nitrogen and oxygen atoms in total. The van der Waals surface area contributed by atoms with E-state index in [9.17, 15) is 0 Å². The average molecular weight is 281 g/mol. The standard InChI is InChI=1S/C20H27N/c1-15(2)12-17-8-10-19(11-9-17)20-7-5-6-18(13-20)14-21-16(3)4/h5-11,13,15-16,21H,12,14H2,1-4H3. The fourth-order valence-corrected chi connectivity index (χ4v) is 2.49. The molecule has 0 spiro atoms. The first kappa shape index (κ1) is 15.8. The molecule has 0 aliphatic rings. The molecule has 0 aliphatic carbocycles. The van der Waals surface area contributed by atoms with Gasteiger partial charge in [-0.25, -0.2) is 0 Å². The van der Waals surface area contributed by atoms with Crippen molar-refractivity contribution in [3.05, 3.63) is 59.7 Å². The predicted molar refractivity (Wildman–Crippen MR) is 92.4 cm³/mol. The molecule has 2 aromatic carbocycles. The van der Waals surface area contributed by atoms with Crippen LogP contribution in [0.15, 0.2) is 48.5 Å². The fraction of sp³-hybridized carbons (Fsp3) is 0.400. The Morgan fingerprint density at radius 3 is 2.14 bits per heavy atom. The van der Waals surface area contributed by atoms with Gasteiger partial charge < -0.3 is 5.32 Å². The van der Waals surface area contributed by atoms with Crippen LogP contribution in [0.5, 0.6) is 0 Å². The maximum Gasteiger partial charge on any atom is 0.0208 e. The van der Waals surface area contributed by atoms with E-state index in [1.165, 1.54) is 22.3 Å². The highest BCUT2D eigenvalue weighted by atomic mass is 14.9. The van der Waals surface area contributed by atoms with Gasteiger partial charge in [0, 0.05) is 12.6 Å². The minimum absolute atomic E-state index is 0.518. The van der Waals surface area contributed by atoms with Crippen molar-refractivity contribution in [2.75, 3.05) is 0 Å². The van der Waals surface area contributed by atoms with Crippen molar-refractivity contribution < 1.29 is 0 Å². The van der Waals surface area contributed by atoms with Crippen LogP contribution in [0, 0.1) is 5.92 Å². The molecule has 0 fully saturated rings. The van der Waals surface area contributed by atoms with E-state index in [-0.39, 0.29) is 0 Å². The summed E-state index contributed by atoms with van der Waals surface area (Å²) < 4.78 is 0. The van der Waals surface area contributed by atoms with Crippen LogP contribution in [0.25, 0.3) is 11.1 Å². The van der Waals surface area contributed by atoms with E-state index < -0.39 is 0 Å². The molecule has 112 valence electrons. The van der Waals surface area contributed by atoms with Crippen LogP contribution in [0.2, 0.25) is 0 Å². The zero-order valence-corrected chi connectivity index (χ0v) is 13.7. The summed E-state index contributed by atoms with van der Waals surface area (Å²) in [5.74, 6) is 0.710. The van der Waals surface area contributed by atoms with E-state index in [2.05, 4.69) is 81.5 Å². The Bertz CT molecular complexity index is 552. The van der Waals surface area contributed by atoms with E-state index in [1.54, 1.807) is 0 Å². The van der Waals surface area contributed by atoms with Gasteiger partial charge in [0.25, 0.3) is 0 Å². The van der Waals surface area contributed by atoms with Gasteiger partial charge in [0.05, 0.1) is 0 Å². The molecule has 21 heavy (non-hydrogen) atoms. The Morgan fingerprint density at radius 1 is 0.810 bits per heavy atom. The van der Waals surface area contributed by atoms with Gasteiger partial charge in [-0.15, -0.1) is 0 Å². The minimum Gasteiger partial charge on any atom is -0.310 e. The number of hydrogen-bond donors (Lipinski definition) is 1. The topological polar surface area (TPSA) is 12.0 Å². The van der Waals surface area contributed by atoms with Crippen LogP contribution in [-0.4, -0.2) is 6.04 Å². The van der Waals surface area contributed by atoms with Crippen molar-refractivity contribution in [1.29, 1.82) is 0 Å². The number of benzene rings is 2. The molecule has 0 amide bonds. The lowest BCUT2D eigenvalue weighted by Crippen LogP contribution is -2.21. The second-order valence-electron chi connectivity index (χ2n) is 6.53.